The molecule has 0 radical (unpaired) electrons. The standard InChI is InChI=1S/C33H36O9/c1-11-15-8-16(15)30(5)19-10-32(39)18-9-17(18)31(6)26(32)23(20(24(35)27(31)36)12(2)28(37)40-7)33(19)22(13(3)29(38)42-33)25(21(11)30)41-14(4)34/h15-19,21,25,27,36,39H,1,8-10H2,2-7H3/t15-,16-,17-,18+,19+,21-,25-,27+,30-,31+,32+,33-/m1/s1. The average Bonchev–Trinajstić information content (AvgIpc) is 3.83. The molecule has 1 aliphatic heterocycles. The highest BCUT2D eigenvalue weighted by Gasteiger charge is 2.85. The summed E-state index contributed by atoms with van der Waals surface area (Å²) in [5.41, 5.74) is -2.27. The van der Waals surface area contributed by atoms with E-state index in [4.69, 9.17) is 14.2 Å². The van der Waals surface area contributed by atoms with Crippen LogP contribution in [0, 0.1) is 46.3 Å². The van der Waals surface area contributed by atoms with Gasteiger partial charge in [-0.3, -0.25) is 9.59 Å². The third-order valence-corrected chi connectivity index (χ3v) is 13.1. The van der Waals surface area contributed by atoms with Crippen LogP contribution in [0.4, 0.5) is 0 Å². The van der Waals surface area contributed by atoms with Crippen molar-refractivity contribution in [2.45, 2.75) is 77.3 Å². The van der Waals surface area contributed by atoms with E-state index in [1.54, 1.807) is 6.92 Å². The Morgan fingerprint density at radius 3 is 2.43 bits per heavy atom. The largest absolute Gasteiger partial charge is 0.466 e. The minimum absolute atomic E-state index is 0.0274. The van der Waals surface area contributed by atoms with Crippen LogP contribution >= 0.6 is 0 Å². The van der Waals surface area contributed by atoms with Crippen LogP contribution < -0.4 is 0 Å². The normalized spacial score (nSPS) is 51.6. The topological polar surface area (TPSA) is 136 Å². The highest BCUT2D eigenvalue weighted by Crippen LogP contribution is 2.83. The van der Waals surface area contributed by atoms with E-state index in [1.165, 1.54) is 21.0 Å². The van der Waals surface area contributed by atoms with E-state index in [9.17, 15) is 29.4 Å². The van der Waals surface area contributed by atoms with Gasteiger partial charge in [-0.1, -0.05) is 26.0 Å². The van der Waals surface area contributed by atoms with Gasteiger partial charge in [-0.15, -0.1) is 0 Å². The Kier molecular flexibility index (Phi) is 4.65. The Morgan fingerprint density at radius 1 is 1.10 bits per heavy atom. The fourth-order valence-corrected chi connectivity index (χ4v) is 11.4. The van der Waals surface area contributed by atoms with Crippen LogP contribution in [0.15, 0.2) is 45.6 Å². The maximum atomic E-state index is 14.3. The summed E-state index contributed by atoms with van der Waals surface area (Å²) in [5.74, 6) is -3.25. The lowest BCUT2D eigenvalue weighted by molar-refractivity contribution is -0.183. The number of aliphatic hydroxyl groups is 2. The maximum absolute atomic E-state index is 14.3. The minimum atomic E-state index is -1.58. The summed E-state index contributed by atoms with van der Waals surface area (Å²) < 4.78 is 17.7. The highest BCUT2D eigenvalue weighted by molar-refractivity contribution is 6.12. The second kappa shape index (κ2) is 7.36. The molecule has 0 saturated heterocycles. The molecule has 8 aliphatic rings. The summed E-state index contributed by atoms with van der Waals surface area (Å²) in [4.78, 5) is 53.8. The summed E-state index contributed by atoms with van der Waals surface area (Å²) in [5, 5.41) is 24.5. The molecule has 0 aromatic heterocycles. The Hall–Kier alpha value is -3.04. The Morgan fingerprint density at radius 2 is 1.79 bits per heavy atom. The molecular formula is C33H36O9. The Bertz CT molecular complexity index is 1600. The number of hydrogen-bond acceptors (Lipinski definition) is 9. The number of Topliss-reactive ketones (excluding diaryl/α,β-unsaturated/α-hetero) is 1. The van der Waals surface area contributed by atoms with Gasteiger partial charge in [-0.25, -0.2) is 9.59 Å². The van der Waals surface area contributed by atoms with E-state index in [0.29, 0.717) is 28.7 Å². The maximum Gasteiger partial charge on any atom is 0.335 e. The van der Waals surface area contributed by atoms with Gasteiger partial charge in [0.2, 0.25) is 0 Å². The molecule has 0 amide bonds. The molecule has 222 valence electrons. The van der Waals surface area contributed by atoms with Crippen molar-refractivity contribution in [3.63, 3.8) is 0 Å². The molecule has 8 rings (SSSR count). The van der Waals surface area contributed by atoms with Crippen molar-refractivity contribution in [2.75, 3.05) is 7.11 Å². The van der Waals surface area contributed by atoms with Gasteiger partial charge in [0.1, 0.15) is 12.2 Å². The molecule has 1 heterocycles. The minimum Gasteiger partial charge on any atom is -0.466 e. The van der Waals surface area contributed by atoms with E-state index < -0.39 is 63.8 Å². The number of ether oxygens (including phenoxy) is 3. The lowest BCUT2D eigenvalue weighted by Crippen LogP contribution is -2.68. The first kappa shape index (κ1) is 26.6. The van der Waals surface area contributed by atoms with Crippen molar-refractivity contribution < 1.29 is 43.6 Å². The fourth-order valence-electron chi connectivity index (χ4n) is 11.4. The molecule has 2 N–H and O–H groups in total. The molecule has 42 heavy (non-hydrogen) atoms. The van der Waals surface area contributed by atoms with Gasteiger partial charge < -0.3 is 24.4 Å². The van der Waals surface area contributed by atoms with Gasteiger partial charge in [0.05, 0.1) is 12.7 Å². The second-order valence-electron chi connectivity index (χ2n) is 14.5. The summed E-state index contributed by atoms with van der Waals surface area (Å²) in [6.45, 7) is 12.9. The van der Waals surface area contributed by atoms with E-state index in [2.05, 4.69) is 13.5 Å². The van der Waals surface area contributed by atoms with Crippen molar-refractivity contribution in [1.82, 2.24) is 0 Å². The monoisotopic (exact) mass is 576 g/mol. The van der Waals surface area contributed by atoms with Crippen molar-refractivity contribution >= 4 is 23.7 Å². The molecule has 1 spiro atoms. The predicted molar refractivity (Wildman–Crippen MR) is 145 cm³/mol. The predicted octanol–water partition coefficient (Wildman–Crippen LogP) is 2.51. The number of esters is 3. The molecule has 5 saturated carbocycles. The van der Waals surface area contributed by atoms with Crippen LogP contribution in [0.2, 0.25) is 0 Å². The van der Waals surface area contributed by atoms with Crippen molar-refractivity contribution in [1.29, 1.82) is 0 Å². The summed E-state index contributed by atoms with van der Waals surface area (Å²) in [6, 6.07) is 0. The zero-order chi connectivity index (χ0) is 30.2. The number of hydrogen-bond donors (Lipinski definition) is 2. The van der Waals surface area contributed by atoms with Crippen molar-refractivity contribution in [3.05, 3.63) is 45.6 Å². The van der Waals surface area contributed by atoms with E-state index in [0.717, 1.165) is 12.0 Å². The molecule has 12 atom stereocenters. The van der Waals surface area contributed by atoms with E-state index >= 15 is 0 Å². The number of ketones is 1. The molecule has 9 heteroatoms. The summed E-state index contributed by atoms with van der Waals surface area (Å²) in [6.07, 6.45) is -0.553. The lowest BCUT2D eigenvalue weighted by Gasteiger charge is -2.63. The molecule has 5 fully saturated rings. The van der Waals surface area contributed by atoms with Crippen LogP contribution in [0.3, 0.4) is 0 Å². The summed E-state index contributed by atoms with van der Waals surface area (Å²) >= 11 is 0. The smallest absolute Gasteiger partial charge is 0.335 e. The Balaban J connectivity index is 1.54. The van der Waals surface area contributed by atoms with Crippen molar-refractivity contribution in [2.24, 2.45) is 46.3 Å². The quantitative estimate of drug-likeness (QED) is 0.220. The average molecular weight is 577 g/mol. The zero-order valence-electron chi connectivity index (χ0n) is 24.7. The number of fused-ring (bicyclic) bond motifs is 7. The molecule has 7 aliphatic carbocycles. The molecule has 0 unspecified atom stereocenters. The first-order chi connectivity index (χ1) is 19.6. The second-order valence-corrected chi connectivity index (χ2v) is 14.5. The van der Waals surface area contributed by atoms with Gasteiger partial charge >= 0.3 is 17.9 Å². The van der Waals surface area contributed by atoms with Crippen molar-refractivity contribution in [3.8, 4) is 0 Å². The summed E-state index contributed by atoms with van der Waals surface area (Å²) in [7, 11) is 1.21. The number of aliphatic hydroxyl groups excluding tert-OH is 1. The fraction of sp³-hybridized carbons (Fsp3) is 0.636. The molecular weight excluding hydrogens is 540 g/mol. The van der Waals surface area contributed by atoms with Gasteiger partial charge in [0.15, 0.2) is 11.4 Å². The van der Waals surface area contributed by atoms with Crippen LogP contribution in [-0.4, -0.2) is 64.4 Å². The first-order valence-corrected chi connectivity index (χ1v) is 14.9. The molecule has 0 aromatic carbocycles. The van der Waals surface area contributed by atoms with Crippen LogP contribution in [0.25, 0.3) is 0 Å². The van der Waals surface area contributed by atoms with Crippen LogP contribution in [0.5, 0.6) is 0 Å². The van der Waals surface area contributed by atoms with Crippen LogP contribution in [-0.2, 0) is 33.4 Å². The van der Waals surface area contributed by atoms with Gasteiger partial charge in [-0.05, 0) is 67.8 Å². The van der Waals surface area contributed by atoms with Gasteiger partial charge in [0.25, 0.3) is 0 Å². The molecule has 0 aromatic rings. The SMILES string of the molecule is C=C1[C@H]2C[C@H]2[C@@]2(C)[C@H]1[C@@H](OC(C)=O)C1=C(C)C(=O)O[C@@]13C1=C4[C@](C)([C@@H]5C[C@@H]5[C@@]4(O)C[C@H]32)[C@@H](O)C(=O)C1=C(C)C(=O)OC. The first-order valence-electron chi connectivity index (χ1n) is 14.9. The van der Waals surface area contributed by atoms with Crippen LogP contribution in [0.1, 0.15) is 53.9 Å². The zero-order valence-corrected chi connectivity index (χ0v) is 24.7. The van der Waals surface area contributed by atoms with Gasteiger partial charge in [-0.2, -0.15) is 0 Å². The highest BCUT2D eigenvalue weighted by atomic mass is 16.6. The Labute approximate surface area is 243 Å². The number of carbonyl (C=O) groups is 4. The molecule has 9 nitrogen and oxygen atoms in total. The van der Waals surface area contributed by atoms with E-state index in [-0.39, 0.29) is 47.2 Å². The van der Waals surface area contributed by atoms with E-state index in [1.807, 2.05) is 6.92 Å². The molecule has 0 bridgehead atoms. The third kappa shape index (κ3) is 2.48. The third-order valence-electron chi connectivity index (χ3n) is 13.1. The number of carbonyl (C=O) groups excluding carboxylic acids is 4. The lowest BCUT2D eigenvalue weighted by atomic mass is 9.43. The van der Waals surface area contributed by atoms with Gasteiger partial charge in [0, 0.05) is 52.0 Å². The number of rotatable bonds is 2. The number of methoxy groups -OCH3 is 1.